The van der Waals surface area contributed by atoms with Crippen LogP contribution in [0.5, 0.6) is 5.75 Å². The molecule has 0 aliphatic carbocycles. The number of nitrogens with zero attached hydrogens (tertiary/aromatic N) is 1. The van der Waals surface area contributed by atoms with Gasteiger partial charge in [0.1, 0.15) is 5.75 Å². The molecule has 2 aromatic carbocycles. The molecule has 0 fully saturated rings. The van der Waals surface area contributed by atoms with Gasteiger partial charge in [-0.2, -0.15) is 0 Å². The molecule has 2 rings (SSSR count). The molecule has 0 saturated heterocycles. The zero-order chi connectivity index (χ0) is 17.0. The van der Waals surface area contributed by atoms with E-state index in [-0.39, 0.29) is 12.3 Å². The van der Waals surface area contributed by atoms with E-state index in [2.05, 4.69) is 0 Å². The van der Waals surface area contributed by atoms with E-state index in [1.54, 1.807) is 55.5 Å². The van der Waals surface area contributed by atoms with E-state index in [4.69, 9.17) is 39.5 Å². The maximum atomic E-state index is 12.4. The molecule has 0 aliphatic heterocycles. The number of carbonyl (C=O) groups is 1. The number of ether oxygens (including phenoxy) is 1. The molecule has 0 unspecified atom stereocenters. The highest BCUT2D eigenvalue weighted by molar-refractivity contribution is 6.36. The molecular formula is C17H16Cl3NO2. The summed E-state index contributed by atoms with van der Waals surface area (Å²) in [4.78, 5) is 14.0. The zero-order valence-electron chi connectivity index (χ0n) is 12.8. The first-order valence-electron chi connectivity index (χ1n) is 6.91. The maximum absolute atomic E-state index is 12.4. The van der Waals surface area contributed by atoms with Crippen LogP contribution in [0.3, 0.4) is 0 Å². The Bertz CT molecular complexity index is 699. The first-order chi connectivity index (χ1) is 10.9. The van der Waals surface area contributed by atoms with Gasteiger partial charge in [-0.15, -0.1) is 0 Å². The van der Waals surface area contributed by atoms with Crippen molar-refractivity contribution in [2.24, 2.45) is 0 Å². The van der Waals surface area contributed by atoms with Crippen molar-refractivity contribution in [1.29, 1.82) is 0 Å². The van der Waals surface area contributed by atoms with Crippen LogP contribution < -0.4 is 4.74 Å². The third kappa shape index (κ3) is 4.54. The second kappa shape index (κ2) is 7.91. The van der Waals surface area contributed by atoms with Crippen molar-refractivity contribution in [1.82, 2.24) is 4.90 Å². The SMILES string of the molecule is COc1ccc(Cl)cc1CN(C)C(=O)Cc1c(Cl)cccc1Cl. The number of likely N-dealkylation sites (N-methyl/N-ethyl adjacent to an activating group) is 1. The standard InChI is InChI=1S/C17H16Cl3NO2/c1-21(10-11-8-12(18)6-7-16(11)23-2)17(22)9-13-14(19)4-3-5-15(13)20/h3-8H,9-10H2,1-2H3. The second-order valence-electron chi connectivity index (χ2n) is 5.08. The van der Waals surface area contributed by atoms with E-state index < -0.39 is 0 Å². The highest BCUT2D eigenvalue weighted by atomic mass is 35.5. The summed E-state index contributed by atoms with van der Waals surface area (Å²) in [5, 5.41) is 1.56. The van der Waals surface area contributed by atoms with Crippen LogP contribution in [0.25, 0.3) is 0 Å². The molecule has 0 atom stereocenters. The summed E-state index contributed by atoms with van der Waals surface area (Å²) < 4.78 is 5.30. The summed E-state index contributed by atoms with van der Waals surface area (Å²) in [5.41, 5.74) is 1.46. The fourth-order valence-corrected chi connectivity index (χ4v) is 2.93. The fraction of sp³-hybridized carbons (Fsp3) is 0.235. The Kier molecular flexibility index (Phi) is 6.17. The summed E-state index contributed by atoms with van der Waals surface area (Å²) in [6.45, 7) is 0.380. The minimum atomic E-state index is -0.0953. The van der Waals surface area contributed by atoms with Gasteiger partial charge in [0, 0.05) is 34.2 Å². The molecule has 2 aromatic rings. The maximum Gasteiger partial charge on any atom is 0.227 e. The van der Waals surface area contributed by atoms with Gasteiger partial charge >= 0.3 is 0 Å². The van der Waals surface area contributed by atoms with Crippen molar-refractivity contribution in [2.45, 2.75) is 13.0 Å². The highest BCUT2D eigenvalue weighted by Gasteiger charge is 2.16. The summed E-state index contributed by atoms with van der Waals surface area (Å²) >= 11 is 18.2. The molecule has 0 radical (unpaired) electrons. The third-order valence-corrected chi connectivity index (χ3v) is 4.41. The number of amides is 1. The molecule has 122 valence electrons. The van der Waals surface area contributed by atoms with Gasteiger partial charge in [0.05, 0.1) is 13.5 Å². The number of hydrogen-bond acceptors (Lipinski definition) is 2. The molecule has 6 heteroatoms. The predicted molar refractivity (Wildman–Crippen MR) is 94.6 cm³/mol. The lowest BCUT2D eigenvalue weighted by Crippen LogP contribution is -2.28. The number of halogens is 3. The molecule has 0 heterocycles. The van der Waals surface area contributed by atoms with Gasteiger partial charge in [0.2, 0.25) is 5.91 Å². The van der Waals surface area contributed by atoms with Gasteiger partial charge in [-0.25, -0.2) is 0 Å². The lowest BCUT2D eigenvalue weighted by atomic mass is 10.1. The third-order valence-electron chi connectivity index (χ3n) is 3.47. The van der Waals surface area contributed by atoms with Crippen LogP contribution >= 0.6 is 34.8 Å². The smallest absolute Gasteiger partial charge is 0.227 e. The Labute approximate surface area is 150 Å². The monoisotopic (exact) mass is 371 g/mol. The molecule has 0 saturated carbocycles. The number of carbonyl (C=O) groups excluding carboxylic acids is 1. The van der Waals surface area contributed by atoms with Crippen LogP contribution in [0.2, 0.25) is 15.1 Å². The largest absolute Gasteiger partial charge is 0.496 e. The van der Waals surface area contributed by atoms with Crippen LogP contribution in [0.4, 0.5) is 0 Å². The molecule has 1 amide bonds. The van der Waals surface area contributed by atoms with Crippen molar-refractivity contribution < 1.29 is 9.53 Å². The first-order valence-corrected chi connectivity index (χ1v) is 8.05. The van der Waals surface area contributed by atoms with Crippen LogP contribution in [0.1, 0.15) is 11.1 Å². The van der Waals surface area contributed by atoms with E-state index in [0.29, 0.717) is 32.9 Å². The van der Waals surface area contributed by atoms with E-state index in [1.165, 1.54) is 0 Å². The van der Waals surface area contributed by atoms with Gasteiger partial charge in [-0.1, -0.05) is 40.9 Å². The molecule has 0 N–H and O–H groups in total. The minimum absolute atomic E-state index is 0.0953. The lowest BCUT2D eigenvalue weighted by molar-refractivity contribution is -0.129. The Morgan fingerprint density at radius 1 is 1.13 bits per heavy atom. The van der Waals surface area contributed by atoms with Crippen LogP contribution in [0, 0.1) is 0 Å². The number of rotatable bonds is 5. The Morgan fingerprint density at radius 2 is 1.78 bits per heavy atom. The molecule has 0 spiro atoms. The van der Waals surface area contributed by atoms with Gasteiger partial charge in [-0.05, 0) is 35.9 Å². The van der Waals surface area contributed by atoms with E-state index in [1.807, 2.05) is 0 Å². The molecule has 0 aliphatic rings. The van der Waals surface area contributed by atoms with E-state index in [9.17, 15) is 4.79 Å². The normalized spacial score (nSPS) is 10.5. The van der Waals surface area contributed by atoms with Gasteiger partial charge in [0.15, 0.2) is 0 Å². The molecule has 3 nitrogen and oxygen atoms in total. The number of methoxy groups -OCH3 is 1. The number of hydrogen-bond donors (Lipinski definition) is 0. The van der Waals surface area contributed by atoms with Crippen molar-refractivity contribution in [3.8, 4) is 5.75 Å². The summed E-state index contributed by atoms with van der Waals surface area (Å²) in [5.74, 6) is 0.590. The Hall–Kier alpha value is -1.42. The van der Waals surface area contributed by atoms with Crippen LogP contribution in [-0.4, -0.2) is 25.0 Å². The summed E-state index contributed by atoms with van der Waals surface area (Å²) in [7, 11) is 3.30. The van der Waals surface area contributed by atoms with Crippen molar-refractivity contribution in [2.75, 3.05) is 14.2 Å². The zero-order valence-corrected chi connectivity index (χ0v) is 15.0. The second-order valence-corrected chi connectivity index (χ2v) is 6.33. The fourth-order valence-electron chi connectivity index (χ4n) is 2.20. The van der Waals surface area contributed by atoms with Crippen molar-refractivity contribution >= 4 is 40.7 Å². The summed E-state index contributed by atoms with van der Waals surface area (Å²) in [6.07, 6.45) is 0.137. The Balaban J connectivity index is 2.13. The molecule has 23 heavy (non-hydrogen) atoms. The number of benzene rings is 2. The van der Waals surface area contributed by atoms with Crippen molar-refractivity contribution in [3.63, 3.8) is 0 Å². The van der Waals surface area contributed by atoms with E-state index in [0.717, 1.165) is 5.56 Å². The molecule has 0 aromatic heterocycles. The first kappa shape index (κ1) is 17.9. The van der Waals surface area contributed by atoms with E-state index >= 15 is 0 Å². The van der Waals surface area contributed by atoms with Crippen molar-refractivity contribution in [3.05, 3.63) is 62.6 Å². The van der Waals surface area contributed by atoms with Crippen LogP contribution in [-0.2, 0) is 17.8 Å². The molecular weight excluding hydrogens is 357 g/mol. The van der Waals surface area contributed by atoms with Gasteiger partial charge in [-0.3, -0.25) is 4.79 Å². The van der Waals surface area contributed by atoms with Crippen LogP contribution in [0.15, 0.2) is 36.4 Å². The quantitative estimate of drug-likeness (QED) is 0.750. The van der Waals surface area contributed by atoms with Gasteiger partial charge < -0.3 is 9.64 Å². The summed E-state index contributed by atoms with van der Waals surface area (Å²) in [6, 6.07) is 10.5. The molecule has 0 bridgehead atoms. The lowest BCUT2D eigenvalue weighted by Gasteiger charge is -2.19. The van der Waals surface area contributed by atoms with Gasteiger partial charge in [0.25, 0.3) is 0 Å². The average molecular weight is 373 g/mol. The minimum Gasteiger partial charge on any atom is -0.496 e. The highest BCUT2D eigenvalue weighted by Crippen LogP contribution is 2.26. The Morgan fingerprint density at radius 3 is 2.39 bits per heavy atom. The average Bonchev–Trinajstić information content (AvgIpc) is 2.51. The predicted octanol–water partition coefficient (Wildman–Crippen LogP) is 4.86. The topological polar surface area (TPSA) is 29.5 Å².